The lowest BCUT2D eigenvalue weighted by Crippen LogP contribution is -2.20. The van der Waals surface area contributed by atoms with Gasteiger partial charge in [0.1, 0.15) is 23.2 Å². The van der Waals surface area contributed by atoms with Gasteiger partial charge >= 0.3 is 0 Å². The summed E-state index contributed by atoms with van der Waals surface area (Å²) in [7, 11) is 1.58. The number of anilines is 1. The Hall–Kier alpha value is -3.94. The monoisotopic (exact) mass is 376 g/mol. The lowest BCUT2D eigenvalue weighted by molar-refractivity contribution is -0.118. The molecule has 1 amide bonds. The number of rotatable bonds is 6. The Balaban J connectivity index is 1.51. The molecule has 1 N–H and O–H groups in total. The number of methoxy groups -OCH3 is 1. The highest BCUT2D eigenvalue weighted by Crippen LogP contribution is 2.32. The normalized spacial score (nSPS) is 10.6. The van der Waals surface area contributed by atoms with Crippen LogP contribution < -0.4 is 14.8 Å². The molecule has 0 unspecified atom stereocenters. The highest BCUT2D eigenvalue weighted by atomic mass is 16.5. The maximum absolute atomic E-state index is 12.2. The van der Waals surface area contributed by atoms with Gasteiger partial charge in [-0.25, -0.2) is 4.98 Å². The predicted octanol–water partition coefficient (Wildman–Crippen LogP) is 3.31. The molecule has 0 spiro atoms. The average molecular weight is 376 g/mol. The number of benzene rings is 2. The predicted molar refractivity (Wildman–Crippen MR) is 102 cm³/mol. The third kappa shape index (κ3) is 3.61. The van der Waals surface area contributed by atoms with Crippen LogP contribution in [-0.4, -0.2) is 34.7 Å². The maximum atomic E-state index is 12.2. The number of nitrogens with one attached hydrogen (secondary N) is 1. The third-order valence-corrected chi connectivity index (χ3v) is 4.00. The summed E-state index contributed by atoms with van der Waals surface area (Å²) in [6.45, 7) is -0.225. The summed E-state index contributed by atoms with van der Waals surface area (Å²) in [6, 6.07) is 16.5. The molecule has 0 radical (unpaired) electrons. The van der Waals surface area contributed by atoms with E-state index in [2.05, 4.69) is 20.4 Å². The van der Waals surface area contributed by atoms with Crippen LogP contribution in [0.15, 0.2) is 65.4 Å². The first-order valence-corrected chi connectivity index (χ1v) is 8.47. The molecule has 0 fully saturated rings. The van der Waals surface area contributed by atoms with Gasteiger partial charge in [-0.1, -0.05) is 35.5 Å². The molecule has 4 aromatic rings. The largest absolute Gasteiger partial charge is 0.497 e. The molecule has 140 valence electrons. The Morgan fingerprint density at radius 3 is 2.61 bits per heavy atom. The number of carbonyl (C=O) groups is 1. The van der Waals surface area contributed by atoms with Gasteiger partial charge in [-0.2, -0.15) is 4.98 Å². The van der Waals surface area contributed by atoms with Crippen LogP contribution in [0.1, 0.15) is 0 Å². The fraction of sp³-hybridized carbons (Fsp3) is 0.100. The Bertz CT molecular complexity index is 1090. The first-order chi connectivity index (χ1) is 13.7. The van der Waals surface area contributed by atoms with Gasteiger partial charge in [-0.15, -0.1) is 0 Å². The number of carbonyl (C=O) groups excluding carboxylic acids is 1. The van der Waals surface area contributed by atoms with Gasteiger partial charge in [0.25, 0.3) is 11.6 Å². The fourth-order valence-corrected chi connectivity index (χ4v) is 2.67. The van der Waals surface area contributed by atoms with Crippen molar-refractivity contribution < 1.29 is 18.8 Å². The Labute approximate surface area is 160 Å². The SMILES string of the molecule is COc1ccc(NC(=O)COc2ncnc3onc(-c4ccccc4)c23)cc1. The molecule has 8 nitrogen and oxygen atoms in total. The lowest BCUT2D eigenvalue weighted by Gasteiger charge is -2.08. The van der Waals surface area contributed by atoms with Crippen molar-refractivity contribution in [2.45, 2.75) is 0 Å². The highest BCUT2D eigenvalue weighted by Gasteiger charge is 2.18. The summed E-state index contributed by atoms with van der Waals surface area (Å²) in [4.78, 5) is 20.4. The molecule has 2 aromatic heterocycles. The molecule has 0 aliphatic heterocycles. The van der Waals surface area contributed by atoms with Crippen LogP contribution >= 0.6 is 0 Å². The second-order valence-corrected chi connectivity index (χ2v) is 5.82. The molecular weight excluding hydrogens is 360 g/mol. The standard InChI is InChI=1S/C20H16N4O4/c1-26-15-9-7-14(8-10-15)23-16(25)11-27-19-17-18(13-5-3-2-4-6-13)24-28-20(17)22-12-21-19/h2-10,12H,11H2,1H3,(H,23,25). The van der Waals surface area contributed by atoms with Crippen molar-refractivity contribution in [3.63, 3.8) is 0 Å². The zero-order valence-corrected chi connectivity index (χ0v) is 15.0. The molecule has 28 heavy (non-hydrogen) atoms. The first-order valence-electron chi connectivity index (χ1n) is 8.47. The van der Waals surface area contributed by atoms with Gasteiger partial charge in [0, 0.05) is 11.3 Å². The lowest BCUT2D eigenvalue weighted by atomic mass is 10.1. The third-order valence-electron chi connectivity index (χ3n) is 4.00. The summed E-state index contributed by atoms with van der Waals surface area (Å²) >= 11 is 0. The minimum Gasteiger partial charge on any atom is -0.497 e. The number of hydrogen-bond donors (Lipinski definition) is 1. The van der Waals surface area contributed by atoms with Crippen LogP contribution in [0, 0.1) is 0 Å². The Kier molecular flexibility index (Phi) is 4.83. The molecule has 0 saturated heterocycles. The van der Waals surface area contributed by atoms with Crippen LogP contribution in [0.3, 0.4) is 0 Å². The van der Waals surface area contributed by atoms with Crippen LogP contribution in [-0.2, 0) is 4.79 Å². The van der Waals surface area contributed by atoms with Crippen molar-refractivity contribution in [1.82, 2.24) is 15.1 Å². The van der Waals surface area contributed by atoms with Gasteiger partial charge in [-0.3, -0.25) is 4.79 Å². The van der Waals surface area contributed by atoms with E-state index in [1.165, 1.54) is 6.33 Å². The van der Waals surface area contributed by atoms with Crippen molar-refractivity contribution in [3.05, 3.63) is 60.9 Å². The molecule has 0 bridgehead atoms. The summed E-state index contributed by atoms with van der Waals surface area (Å²) in [5.41, 5.74) is 2.32. The van der Waals surface area contributed by atoms with E-state index in [4.69, 9.17) is 14.0 Å². The van der Waals surface area contributed by atoms with Crippen molar-refractivity contribution >= 4 is 22.7 Å². The maximum Gasteiger partial charge on any atom is 0.265 e. The molecule has 0 atom stereocenters. The molecule has 8 heteroatoms. The summed E-state index contributed by atoms with van der Waals surface area (Å²) in [5, 5.41) is 7.34. The van der Waals surface area contributed by atoms with Crippen LogP contribution in [0.25, 0.3) is 22.4 Å². The zero-order chi connectivity index (χ0) is 19.3. The minimum absolute atomic E-state index is 0.225. The summed E-state index contributed by atoms with van der Waals surface area (Å²) < 4.78 is 16.0. The van der Waals surface area contributed by atoms with Crippen LogP contribution in [0.4, 0.5) is 5.69 Å². The fourth-order valence-electron chi connectivity index (χ4n) is 2.67. The van der Waals surface area contributed by atoms with Crippen molar-refractivity contribution in [2.24, 2.45) is 0 Å². The zero-order valence-electron chi connectivity index (χ0n) is 15.0. The van der Waals surface area contributed by atoms with Crippen LogP contribution in [0.2, 0.25) is 0 Å². The molecule has 4 rings (SSSR count). The van der Waals surface area contributed by atoms with E-state index in [0.29, 0.717) is 28.2 Å². The summed E-state index contributed by atoms with van der Waals surface area (Å²) in [5.74, 6) is 0.614. The minimum atomic E-state index is -0.324. The van der Waals surface area contributed by atoms with E-state index >= 15 is 0 Å². The number of hydrogen-bond acceptors (Lipinski definition) is 7. The van der Waals surface area contributed by atoms with E-state index in [1.54, 1.807) is 31.4 Å². The molecule has 0 aliphatic carbocycles. The molecule has 0 saturated carbocycles. The van der Waals surface area contributed by atoms with E-state index in [0.717, 1.165) is 5.56 Å². The first kappa shape index (κ1) is 17.5. The van der Waals surface area contributed by atoms with Crippen molar-refractivity contribution in [3.8, 4) is 22.9 Å². The van der Waals surface area contributed by atoms with Crippen LogP contribution in [0.5, 0.6) is 11.6 Å². The van der Waals surface area contributed by atoms with E-state index < -0.39 is 0 Å². The van der Waals surface area contributed by atoms with Gasteiger partial charge in [0.2, 0.25) is 5.88 Å². The second-order valence-electron chi connectivity index (χ2n) is 5.82. The number of ether oxygens (including phenoxy) is 2. The van der Waals surface area contributed by atoms with Gasteiger partial charge in [-0.05, 0) is 24.3 Å². The number of nitrogens with zero attached hydrogens (tertiary/aromatic N) is 3. The molecular formula is C20H16N4O4. The molecule has 2 heterocycles. The van der Waals surface area contributed by atoms with Crippen molar-refractivity contribution in [2.75, 3.05) is 19.0 Å². The Morgan fingerprint density at radius 1 is 1.07 bits per heavy atom. The molecule has 2 aromatic carbocycles. The number of fused-ring (bicyclic) bond motifs is 1. The van der Waals surface area contributed by atoms with Crippen molar-refractivity contribution in [1.29, 1.82) is 0 Å². The molecule has 0 aliphatic rings. The topological polar surface area (TPSA) is 99.4 Å². The average Bonchev–Trinajstić information content (AvgIpc) is 3.18. The number of amides is 1. The highest BCUT2D eigenvalue weighted by molar-refractivity contribution is 5.94. The Morgan fingerprint density at radius 2 is 1.86 bits per heavy atom. The van der Waals surface area contributed by atoms with E-state index in [9.17, 15) is 4.79 Å². The van der Waals surface area contributed by atoms with E-state index in [1.807, 2.05) is 30.3 Å². The number of aromatic nitrogens is 3. The quantitative estimate of drug-likeness (QED) is 0.551. The summed E-state index contributed by atoms with van der Waals surface area (Å²) in [6.07, 6.45) is 1.30. The van der Waals surface area contributed by atoms with Gasteiger partial charge in [0.15, 0.2) is 6.61 Å². The van der Waals surface area contributed by atoms with E-state index in [-0.39, 0.29) is 18.4 Å². The second kappa shape index (κ2) is 7.75. The smallest absolute Gasteiger partial charge is 0.265 e. The van der Waals surface area contributed by atoms with Gasteiger partial charge in [0.05, 0.1) is 7.11 Å². The van der Waals surface area contributed by atoms with Gasteiger partial charge < -0.3 is 19.3 Å².